The monoisotopic (exact) mass is 363 g/mol. The van der Waals surface area contributed by atoms with Crippen LogP contribution >= 0.6 is 0 Å². The Morgan fingerprint density at radius 3 is 2.63 bits per heavy atom. The fourth-order valence-corrected chi connectivity index (χ4v) is 2.35. The normalized spacial score (nSPS) is 15.0. The van der Waals surface area contributed by atoms with Crippen LogP contribution in [0.1, 0.15) is 39.5 Å². The van der Waals surface area contributed by atoms with E-state index < -0.39 is 0 Å². The third kappa shape index (κ3) is 7.66. The Morgan fingerprint density at radius 2 is 2.07 bits per heavy atom. The number of rotatable bonds is 6. The highest BCUT2D eigenvalue weighted by molar-refractivity contribution is 6.49. The minimum Gasteiger partial charge on any atom is -0.388 e. The van der Waals surface area contributed by atoms with E-state index in [1.165, 1.54) is 11.8 Å². The smallest absolute Gasteiger partial charge is 0.292 e. The molecule has 27 heavy (non-hydrogen) atoms. The number of aliphatic imine (C=N–C) groups is 1. The van der Waals surface area contributed by atoms with E-state index in [0.717, 1.165) is 30.5 Å². The Labute approximate surface area is 160 Å². The number of hydrogen-bond donors (Lipinski definition) is 1. The summed E-state index contributed by atoms with van der Waals surface area (Å²) in [5.74, 6) is 0.333. The van der Waals surface area contributed by atoms with Crippen molar-refractivity contribution in [3.05, 3.63) is 60.7 Å². The molecule has 0 radical (unpaired) electrons. The largest absolute Gasteiger partial charge is 0.388 e. The number of allylic oxidation sites excluding steroid dienone is 5. The minimum atomic E-state index is -0.218. The Bertz CT molecular complexity index is 794. The molecule has 1 aromatic carbocycles. The molecule has 0 aromatic heterocycles. The minimum absolute atomic E-state index is 0.0902. The summed E-state index contributed by atoms with van der Waals surface area (Å²) < 4.78 is 4.70. The molecule has 0 heterocycles. The van der Waals surface area contributed by atoms with Crippen molar-refractivity contribution in [2.75, 3.05) is 0 Å². The van der Waals surface area contributed by atoms with Gasteiger partial charge in [0.1, 0.15) is 11.5 Å². The van der Waals surface area contributed by atoms with Crippen molar-refractivity contribution in [3.63, 3.8) is 0 Å². The van der Waals surface area contributed by atoms with E-state index in [0.29, 0.717) is 12.2 Å². The van der Waals surface area contributed by atoms with Crippen LogP contribution in [0.15, 0.2) is 65.7 Å². The summed E-state index contributed by atoms with van der Waals surface area (Å²) in [4.78, 5) is 15.4. The van der Waals surface area contributed by atoms with Gasteiger partial charge in [0.15, 0.2) is 0 Å². The molecule has 0 unspecified atom stereocenters. The predicted molar refractivity (Wildman–Crippen MR) is 110 cm³/mol. The number of ether oxygens (including phenoxy) is 1. The molecule has 1 aromatic rings. The zero-order valence-corrected chi connectivity index (χ0v) is 15.9. The summed E-state index contributed by atoms with van der Waals surface area (Å²) in [6.07, 6.45) is 11.9. The Hall–Kier alpha value is -3.26. The molecule has 1 aliphatic carbocycles. The van der Waals surface area contributed by atoms with Gasteiger partial charge in [0, 0.05) is 5.71 Å². The van der Waals surface area contributed by atoms with Crippen molar-refractivity contribution < 1.29 is 9.53 Å². The number of nitrogens with zero attached hydrogens (tertiary/aromatic N) is 2. The van der Waals surface area contributed by atoms with Gasteiger partial charge in [0.05, 0.1) is 5.69 Å². The van der Waals surface area contributed by atoms with Gasteiger partial charge in [-0.3, -0.25) is 15.2 Å². The zero-order valence-electron chi connectivity index (χ0n) is 15.9. The summed E-state index contributed by atoms with van der Waals surface area (Å²) in [7, 11) is 0. The SMILES string of the molecule is C=C/C=C1/CC=CC(=O)C1=N.CCCC(CC)=Nc1ccc(OC#N)cc1. The number of nitrogens with one attached hydrogen (secondary N) is 1. The van der Waals surface area contributed by atoms with Gasteiger partial charge in [-0.25, -0.2) is 0 Å². The maximum Gasteiger partial charge on any atom is 0.292 e. The fraction of sp³-hybridized carbons (Fsp3) is 0.273. The average molecular weight is 363 g/mol. The second-order valence-corrected chi connectivity index (χ2v) is 5.74. The number of nitriles is 1. The second kappa shape index (κ2) is 12.2. The van der Waals surface area contributed by atoms with Crippen molar-refractivity contribution >= 4 is 22.9 Å². The predicted octanol–water partition coefficient (Wildman–Crippen LogP) is 5.48. The first-order valence-corrected chi connectivity index (χ1v) is 8.89. The van der Waals surface area contributed by atoms with Crippen LogP contribution in [0.25, 0.3) is 0 Å². The number of ketones is 1. The molecule has 5 heteroatoms. The Morgan fingerprint density at radius 1 is 1.37 bits per heavy atom. The number of carbonyl (C=O) groups is 1. The van der Waals surface area contributed by atoms with Crippen LogP contribution in [0.2, 0.25) is 0 Å². The van der Waals surface area contributed by atoms with Gasteiger partial charge in [-0.05, 0) is 55.2 Å². The summed E-state index contributed by atoms with van der Waals surface area (Å²) in [5, 5.41) is 15.7. The lowest BCUT2D eigenvalue weighted by atomic mass is 9.97. The van der Waals surface area contributed by atoms with Gasteiger partial charge in [-0.15, -0.1) is 5.26 Å². The summed E-state index contributed by atoms with van der Waals surface area (Å²) in [5.41, 5.74) is 2.95. The van der Waals surface area contributed by atoms with E-state index in [9.17, 15) is 4.79 Å². The summed E-state index contributed by atoms with van der Waals surface area (Å²) >= 11 is 0. The highest BCUT2D eigenvalue weighted by Gasteiger charge is 2.13. The third-order valence-electron chi connectivity index (χ3n) is 3.73. The number of hydrogen-bond acceptors (Lipinski definition) is 5. The van der Waals surface area contributed by atoms with E-state index in [1.807, 2.05) is 12.1 Å². The molecule has 0 amide bonds. The quantitative estimate of drug-likeness (QED) is 0.536. The van der Waals surface area contributed by atoms with Crippen LogP contribution < -0.4 is 4.74 Å². The van der Waals surface area contributed by atoms with E-state index >= 15 is 0 Å². The molecule has 1 aliphatic rings. The van der Waals surface area contributed by atoms with Crippen molar-refractivity contribution in [3.8, 4) is 12.0 Å². The average Bonchev–Trinajstić information content (AvgIpc) is 2.67. The molecule has 5 nitrogen and oxygen atoms in total. The van der Waals surface area contributed by atoms with Gasteiger partial charge >= 0.3 is 0 Å². The van der Waals surface area contributed by atoms with Crippen LogP contribution in [0.3, 0.4) is 0 Å². The topological polar surface area (TPSA) is 86.3 Å². The zero-order chi connectivity index (χ0) is 20.1. The molecule has 1 N–H and O–H groups in total. The Kier molecular flexibility index (Phi) is 9.80. The van der Waals surface area contributed by atoms with Crippen LogP contribution in [0.5, 0.6) is 5.75 Å². The summed E-state index contributed by atoms with van der Waals surface area (Å²) in [6.45, 7) is 7.77. The first kappa shape index (κ1) is 21.8. The molecular weight excluding hydrogens is 338 g/mol. The first-order chi connectivity index (χ1) is 13.0. The molecule has 0 fully saturated rings. The standard InChI is InChI=1S/C13H16N2O.C9H9NO/c1-3-5-11(4-2)15-12-6-8-13(9-7-12)16-10-14;1-2-4-7-5-3-6-8(11)9(7)10/h6-9H,3-5H2,1-2H3;2-4,6,10H,1,5H2/b;7-4-,10-9?. The van der Waals surface area contributed by atoms with Gasteiger partial charge in [0.25, 0.3) is 6.26 Å². The second-order valence-electron chi connectivity index (χ2n) is 5.74. The van der Waals surface area contributed by atoms with Crippen LogP contribution in [-0.4, -0.2) is 17.2 Å². The van der Waals surface area contributed by atoms with E-state index in [-0.39, 0.29) is 11.5 Å². The van der Waals surface area contributed by atoms with E-state index in [2.05, 4.69) is 25.4 Å². The lowest BCUT2D eigenvalue weighted by molar-refractivity contribution is -0.109. The number of benzene rings is 1. The summed E-state index contributed by atoms with van der Waals surface area (Å²) in [6, 6.07) is 7.22. The van der Waals surface area contributed by atoms with Crippen molar-refractivity contribution in [1.82, 2.24) is 0 Å². The Balaban J connectivity index is 0.000000289. The lowest BCUT2D eigenvalue weighted by Crippen LogP contribution is -2.15. The first-order valence-electron chi connectivity index (χ1n) is 8.89. The van der Waals surface area contributed by atoms with Gasteiger partial charge in [0.2, 0.25) is 5.78 Å². The lowest BCUT2D eigenvalue weighted by Gasteiger charge is -2.06. The van der Waals surface area contributed by atoms with Crippen molar-refractivity contribution in [2.45, 2.75) is 39.5 Å². The van der Waals surface area contributed by atoms with Crippen LogP contribution in [0.4, 0.5) is 5.69 Å². The van der Waals surface area contributed by atoms with Gasteiger partial charge < -0.3 is 4.74 Å². The molecule has 0 saturated carbocycles. The maximum atomic E-state index is 10.9. The van der Waals surface area contributed by atoms with Crippen LogP contribution in [-0.2, 0) is 4.79 Å². The molecule has 0 atom stereocenters. The molecule has 2 rings (SSSR count). The molecule has 0 bridgehead atoms. The third-order valence-corrected chi connectivity index (χ3v) is 3.73. The maximum absolute atomic E-state index is 10.9. The molecule has 0 spiro atoms. The van der Waals surface area contributed by atoms with E-state index in [1.54, 1.807) is 36.6 Å². The fourth-order valence-electron chi connectivity index (χ4n) is 2.35. The van der Waals surface area contributed by atoms with Crippen molar-refractivity contribution in [1.29, 1.82) is 10.7 Å². The van der Waals surface area contributed by atoms with Gasteiger partial charge in [-0.1, -0.05) is 45.1 Å². The molecular formula is C22H25N3O2. The molecule has 0 saturated heterocycles. The van der Waals surface area contributed by atoms with E-state index in [4.69, 9.17) is 15.4 Å². The van der Waals surface area contributed by atoms with Gasteiger partial charge in [-0.2, -0.15) is 0 Å². The highest BCUT2D eigenvalue weighted by atomic mass is 16.5. The number of carbonyl (C=O) groups excluding carboxylic acids is 1. The molecule has 140 valence electrons. The molecule has 0 aliphatic heterocycles. The highest BCUT2D eigenvalue weighted by Crippen LogP contribution is 2.19. The van der Waals surface area contributed by atoms with Crippen LogP contribution in [0, 0.1) is 16.9 Å². The van der Waals surface area contributed by atoms with Crippen molar-refractivity contribution in [2.24, 2.45) is 4.99 Å².